The van der Waals surface area contributed by atoms with Gasteiger partial charge in [-0.1, -0.05) is 23.3 Å². The van der Waals surface area contributed by atoms with Crippen molar-refractivity contribution in [2.24, 2.45) is 0 Å². The average Bonchev–Trinajstić information content (AvgIpc) is 2.98. The standard InChI is InChI=1S/C22H19N7OS/c1-3-16-12(2)26-21(23)28-19(16)29-6-7-30-18-5-4-13(8-15(18)11-29)14-9-17-20(25-10-14)31-22(24)27-17/h1,4-5,8-10H,6-7,11H2,2H3,(H2,24,27)(H2,23,26,28). The number of fused-ring (bicyclic) bond motifs is 2. The number of anilines is 3. The van der Waals surface area contributed by atoms with Gasteiger partial charge in [-0.3, -0.25) is 0 Å². The Morgan fingerprint density at radius 1 is 1.16 bits per heavy atom. The summed E-state index contributed by atoms with van der Waals surface area (Å²) in [5, 5.41) is 0.509. The second-order valence-electron chi connectivity index (χ2n) is 7.20. The molecule has 4 N–H and O–H groups in total. The number of rotatable bonds is 2. The normalized spacial score (nSPS) is 13.4. The molecular formula is C22H19N7OS. The Morgan fingerprint density at radius 3 is 2.87 bits per heavy atom. The van der Waals surface area contributed by atoms with Crippen LogP contribution in [0.15, 0.2) is 30.5 Å². The first-order chi connectivity index (χ1) is 15.0. The highest BCUT2D eigenvalue weighted by atomic mass is 32.1. The fourth-order valence-electron chi connectivity index (χ4n) is 3.73. The lowest BCUT2D eigenvalue weighted by Gasteiger charge is -2.23. The molecule has 0 radical (unpaired) electrons. The number of aromatic nitrogens is 4. The lowest BCUT2D eigenvalue weighted by molar-refractivity contribution is 0.331. The van der Waals surface area contributed by atoms with Gasteiger partial charge in [-0.2, -0.15) is 4.98 Å². The van der Waals surface area contributed by atoms with Crippen LogP contribution < -0.4 is 21.1 Å². The molecule has 8 nitrogen and oxygen atoms in total. The zero-order valence-electron chi connectivity index (χ0n) is 16.8. The number of aryl methyl sites for hydroxylation is 1. The molecular weight excluding hydrogens is 410 g/mol. The third-order valence-corrected chi connectivity index (χ3v) is 5.98. The molecule has 0 aliphatic carbocycles. The summed E-state index contributed by atoms with van der Waals surface area (Å²) in [4.78, 5) is 20.4. The Labute approximate surface area is 182 Å². The first-order valence-corrected chi connectivity index (χ1v) is 10.5. The Balaban J connectivity index is 1.54. The van der Waals surface area contributed by atoms with Gasteiger partial charge < -0.3 is 21.1 Å². The number of nitrogen functional groups attached to an aromatic ring is 2. The molecule has 0 spiro atoms. The third kappa shape index (κ3) is 3.47. The van der Waals surface area contributed by atoms with Crippen molar-refractivity contribution >= 4 is 38.6 Å². The summed E-state index contributed by atoms with van der Waals surface area (Å²) in [6, 6.07) is 8.10. The minimum atomic E-state index is 0.201. The van der Waals surface area contributed by atoms with Crippen LogP contribution in [-0.4, -0.2) is 33.1 Å². The summed E-state index contributed by atoms with van der Waals surface area (Å²) >= 11 is 1.38. The van der Waals surface area contributed by atoms with Crippen LogP contribution >= 0.6 is 11.3 Å². The van der Waals surface area contributed by atoms with Gasteiger partial charge in [-0.15, -0.1) is 6.42 Å². The zero-order valence-corrected chi connectivity index (χ0v) is 17.6. The maximum Gasteiger partial charge on any atom is 0.222 e. The molecule has 0 unspecified atom stereocenters. The minimum Gasteiger partial charge on any atom is -0.491 e. The average molecular weight is 430 g/mol. The smallest absolute Gasteiger partial charge is 0.222 e. The van der Waals surface area contributed by atoms with Crippen LogP contribution in [-0.2, 0) is 6.54 Å². The van der Waals surface area contributed by atoms with E-state index in [9.17, 15) is 0 Å². The third-order valence-electron chi connectivity index (χ3n) is 5.17. The van der Waals surface area contributed by atoms with Crippen LogP contribution in [0.1, 0.15) is 16.8 Å². The molecule has 0 saturated carbocycles. The monoisotopic (exact) mass is 429 g/mol. The van der Waals surface area contributed by atoms with Gasteiger partial charge in [0, 0.05) is 23.9 Å². The number of ether oxygens (including phenoxy) is 1. The molecule has 0 atom stereocenters. The molecule has 154 valence electrons. The van der Waals surface area contributed by atoms with Gasteiger partial charge in [0.1, 0.15) is 22.7 Å². The SMILES string of the molecule is C#Cc1c(C)nc(N)nc1N1CCOc2ccc(-c3cnc4sc(N)nc4c3)cc2C1. The van der Waals surface area contributed by atoms with E-state index in [2.05, 4.69) is 36.8 Å². The number of nitrogens with zero attached hydrogens (tertiary/aromatic N) is 5. The van der Waals surface area contributed by atoms with E-state index in [4.69, 9.17) is 22.6 Å². The Kier molecular flexibility index (Phi) is 4.56. The maximum atomic E-state index is 5.99. The summed E-state index contributed by atoms with van der Waals surface area (Å²) in [6.07, 6.45) is 7.57. The van der Waals surface area contributed by atoms with Crippen molar-refractivity contribution in [2.75, 3.05) is 29.5 Å². The molecule has 9 heteroatoms. The van der Waals surface area contributed by atoms with Crippen LogP contribution in [0.4, 0.5) is 16.9 Å². The van der Waals surface area contributed by atoms with Crippen LogP contribution in [0.3, 0.4) is 0 Å². The van der Waals surface area contributed by atoms with Crippen LogP contribution in [0.5, 0.6) is 5.75 Å². The second kappa shape index (κ2) is 7.41. The molecule has 31 heavy (non-hydrogen) atoms. The quantitative estimate of drug-likeness (QED) is 0.467. The van der Waals surface area contributed by atoms with Gasteiger partial charge in [0.25, 0.3) is 0 Å². The van der Waals surface area contributed by atoms with Gasteiger partial charge >= 0.3 is 0 Å². The number of nitrogens with two attached hydrogens (primary N) is 2. The molecule has 0 amide bonds. The van der Waals surface area contributed by atoms with Crippen molar-refractivity contribution < 1.29 is 4.74 Å². The molecule has 1 aliphatic rings. The van der Waals surface area contributed by atoms with Gasteiger partial charge in [0.15, 0.2) is 10.9 Å². The van der Waals surface area contributed by atoms with E-state index in [-0.39, 0.29) is 5.95 Å². The van der Waals surface area contributed by atoms with Crippen molar-refractivity contribution in [3.05, 3.63) is 47.3 Å². The van der Waals surface area contributed by atoms with E-state index in [1.807, 2.05) is 31.3 Å². The highest BCUT2D eigenvalue weighted by Gasteiger charge is 2.21. The Morgan fingerprint density at radius 2 is 2.03 bits per heavy atom. The van der Waals surface area contributed by atoms with Gasteiger partial charge in [0.2, 0.25) is 5.95 Å². The molecule has 0 bridgehead atoms. The Bertz CT molecular complexity index is 1360. The number of hydrogen-bond acceptors (Lipinski definition) is 9. The number of thiazole rings is 1. The van der Waals surface area contributed by atoms with Crippen molar-refractivity contribution in [1.29, 1.82) is 0 Å². The van der Waals surface area contributed by atoms with Crippen molar-refractivity contribution in [1.82, 2.24) is 19.9 Å². The minimum absolute atomic E-state index is 0.201. The molecule has 4 heterocycles. The molecule has 4 aromatic rings. The number of benzene rings is 1. The van der Waals surface area contributed by atoms with E-state index in [1.165, 1.54) is 11.3 Å². The Hall–Kier alpha value is -3.90. The molecule has 3 aromatic heterocycles. The molecule has 1 aromatic carbocycles. The van der Waals surface area contributed by atoms with Crippen molar-refractivity contribution in [3.8, 4) is 29.2 Å². The van der Waals surface area contributed by atoms with E-state index < -0.39 is 0 Å². The summed E-state index contributed by atoms with van der Waals surface area (Å²) < 4.78 is 5.99. The molecule has 1 aliphatic heterocycles. The zero-order chi connectivity index (χ0) is 21.5. The van der Waals surface area contributed by atoms with E-state index in [0.717, 1.165) is 32.8 Å². The second-order valence-corrected chi connectivity index (χ2v) is 8.21. The first-order valence-electron chi connectivity index (χ1n) is 9.65. The number of pyridine rings is 1. The van der Waals surface area contributed by atoms with Gasteiger partial charge in [-0.05, 0) is 30.7 Å². The lowest BCUT2D eigenvalue weighted by Crippen LogP contribution is -2.28. The highest BCUT2D eigenvalue weighted by Crippen LogP contribution is 2.33. The van der Waals surface area contributed by atoms with E-state index in [1.54, 1.807) is 0 Å². The van der Waals surface area contributed by atoms with Crippen LogP contribution in [0.25, 0.3) is 21.5 Å². The van der Waals surface area contributed by atoms with Gasteiger partial charge in [-0.25, -0.2) is 15.0 Å². The van der Waals surface area contributed by atoms with E-state index >= 15 is 0 Å². The van der Waals surface area contributed by atoms with Crippen molar-refractivity contribution in [3.63, 3.8) is 0 Å². The molecule has 0 fully saturated rings. The predicted molar refractivity (Wildman–Crippen MR) is 123 cm³/mol. The number of hydrogen-bond donors (Lipinski definition) is 2. The van der Waals surface area contributed by atoms with Crippen molar-refractivity contribution in [2.45, 2.75) is 13.5 Å². The van der Waals surface area contributed by atoms with Crippen LogP contribution in [0, 0.1) is 19.3 Å². The summed E-state index contributed by atoms with van der Waals surface area (Å²) in [7, 11) is 0. The molecule has 0 saturated heterocycles. The fourth-order valence-corrected chi connectivity index (χ4v) is 4.39. The predicted octanol–water partition coefficient (Wildman–Crippen LogP) is 3.00. The van der Waals surface area contributed by atoms with Crippen LogP contribution in [0.2, 0.25) is 0 Å². The summed E-state index contributed by atoms with van der Waals surface area (Å²) in [6.45, 7) is 3.55. The summed E-state index contributed by atoms with van der Waals surface area (Å²) in [5.41, 5.74) is 16.8. The maximum absolute atomic E-state index is 5.99. The topological polar surface area (TPSA) is 116 Å². The first kappa shape index (κ1) is 19.1. The highest BCUT2D eigenvalue weighted by molar-refractivity contribution is 7.21. The fraction of sp³-hybridized carbons (Fsp3) is 0.182. The van der Waals surface area contributed by atoms with Gasteiger partial charge in [0.05, 0.1) is 17.8 Å². The number of terminal acetylenes is 1. The summed E-state index contributed by atoms with van der Waals surface area (Å²) in [5.74, 6) is 4.38. The van der Waals surface area contributed by atoms with E-state index in [0.29, 0.717) is 41.9 Å². The lowest BCUT2D eigenvalue weighted by atomic mass is 10.0. The largest absolute Gasteiger partial charge is 0.491 e. The molecule has 5 rings (SSSR count).